The Morgan fingerprint density at radius 2 is 1.57 bits per heavy atom. The quantitative estimate of drug-likeness (QED) is 0.494. The Hall–Kier alpha value is -2.62. The van der Waals surface area contributed by atoms with E-state index in [2.05, 4.69) is 0 Å². The maximum atomic E-state index is 13.0. The summed E-state index contributed by atoms with van der Waals surface area (Å²) < 4.78 is 27.5. The fourth-order valence-electron chi connectivity index (χ4n) is 3.59. The van der Waals surface area contributed by atoms with Gasteiger partial charge in [-0.25, -0.2) is 4.79 Å². The normalized spacial score (nSPS) is 25.3. The van der Waals surface area contributed by atoms with E-state index in [0.29, 0.717) is 0 Å². The first-order chi connectivity index (χ1) is 13.6. The summed E-state index contributed by atoms with van der Waals surface area (Å²) in [7, 11) is 0. The number of carbonyl (C=O) groups is 4. The Balaban J connectivity index is 2.55. The molecule has 2 aliphatic rings. The number of hydrogen-bond donors (Lipinski definition) is 0. The van der Waals surface area contributed by atoms with Crippen molar-refractivity contribution in [2.75, 3.05) is 0 Å². The Morgan fingerprint density at radius 1 is 1.00 bits per heavy atom. The number of carbonyl (C=O) groups excluding carboxylic acids is 4. The summed E-state index contributed by atoms with van der Waals surface area (Å²) >= 11 is 0. The second-order valence-electron chi connectivity index (χ2n) is 8.66. The maximum Gasteiger partial charge on any atom is 0.412 e. The highest BCUT2D eigenvalue weighted by Crippen LogP contribution is 2.44. The third kappa shape index (κ3) is 5.29. The fraction of sp³-hybridized carbons (Fsp3) is 0.700. The molecule has 3 atom stereocenters. The molecule has 168 valence electrons. The molecule has 0 aromatic rings. The SMILES string of the molecule is CC(=O)OC1=C(OC(C)=O)[C@H](OC(C)=O)[C@H]2OC(C)(C)N(C(=O)OC(C)(C)C)[C@@H]2C1. The van der Waals surface area contributed by atoms with Crippen molar-refractivity contribution in [1.29, 1.82) is 0 Å². The highest BCUT2D eigenvalue weighted by atomic mass is 16.6. The van der Waals surface area contributed by atoms with E-state index in [9.17, 15) is 19.2 Å². The minimum Gasteiger partial charge on any atom is -0.451 e. The molecular formula is C20H29NO9. The minimum atomic E-state index is -1.20. The molecule has 0 aromatic heterocycles. The van der Waals surface area contributed by atoms with Crippen molar-refractivity contribution in [2.24, 2.45) is 0 Å². The molecule has 0 radical (unpaired) electrons. The maximum absolute atomic E-state index is 13.0. The van der Waals surface area contributed by atoms with Gasteiger partial charge in [-0.2, -0.15) is 0 Å². The van der Waals surface area contributed by atoms with Crippen LogP contribution in [0, 0.1) is 0 Å². The molecule has 10 heteroatoms. The summed E-state index contributed by atoms with van der Waals surface area (Å²) in [6, 6.07) is -0.701. The van der Waals surface area contributed by atoms with Crippen LogP contribution in [0.25, 0.3) is 0 Å². The number of amides is 1. The summed E-state index contributed by atoms with van der Waals surface area (Å²) in [5, 5.41) is 0. The molecule has 30 heavy (non-hydrogen) atoms. The van der Waals surface area contributed by atoms with Gasteiger partial charge in [-0.1, -0.05) is 0 Å². The van der Waals surface area contributed by atoms with Gasteiger partial charge in [0.2, 0.25) is 0 Å². The fourth-order valence-corrected chi connectivity index (χ4v) is 3.59. The zero-order valence-corrected chi connectivity index (χ0v) is 18.6. The van der Waals surface area contributed by atoms with Crippen LogP contribution >= 0.6 is 0 Å². The molecule has 1 heterocycles. The number of ether oxygens (including phenoxy) is 5. The average molecular weight is 427 g/mol. The Bertz CT molecular complexity index is 778. The Morgan fingerprint density at radius 3 is 2.03 bits per heavy atom. The van der Waals surface area contributed by atoms with Crippen LogP contribution in [-0.4, -0.2) is 58.5 Å². The third-order valence-electron chi connectivity index (χ3n) is 4.35. The van der Waals surface area contributed by atoms with Crippen molar-refractivity contribution in [3.05, 3.63) is 11.5 Å². The zero-order valence-electron chi connectivity index (χ0n) is 18.6. The molecule has 2 rings (SSSR count). The molecule has 0 unspecified atom stereocenters. The molecule has 1 saturated heterocycles. The first kappa shape index (κ1) is 23.7. The van der Waals surface area contributed by atoms with Gasteiger partial charge >= 0.3 is 24.0 Å². The van der Waals surface area contributed by atoms with E-state index in [-0.39, 0.29) is 17.9 Å². The molecule has 10 nitrogen and oxygen atoms in total. The summed E-state index contributed by atoms with van der Waals surface area (Å²) in [5.74, 6) is -2.15. The molecule has 1 fully saturated rings. The number of fused-ring (bicyclic) bond motifs is 1. The van der Waals surface area contributed by atoms with Crippen molar-refractivity contribution >= 4 is 24.0 Å². The molecule has 1 aliphatic heterocycles. The van der Waals surface area contributed by atoms with Crippen LogP contribution in [0.15, 0.2) is 11.5 Å². The largest absolute Gasteiger partial charge is 0.451 e. The molecule has 1 amide bonds. The van der Waals surface area contributed by atoms with Gasteiger partial charge < -0.3 is 23.7 Å². The summed E-state index contributed by atoms with van der Waals surface area (Å²) in [4.78, 5) is 49.4. The van der Waals surface area contributed by atoms with Gasteiger partial charge in [0.1, 0.15) is 17.4 Å². The lowest BCUT2D eigenvalue weighted by molar-refractivity contribution is -0.165. The lowest BCUT2D eigenvalue weighted by atomic mass is 9.92. The summed E-state index contributed by atoms with van der Waals surface area (Å²) in [6.07, 6.45) is -2.72. The van der Waals surface area contributed by atoms with Crippen molar-refractivity contribution < 1.29 is 42.9 Å². The van der Waals surface area contributed by atoms with E-state index in [0.717, 1.165) is 0 Å². The van der Waals surface area contributed by atoms with Crippen molar-refractivity contribution in [2.45, 2.75) is 91.4 Å². The summed E-state index contributed by atoms with van der Waals surface area (Å²) in [5.41, 5.74) is -1.89. The van der Waals surface area contributed by atoms with Crippen LogP contribution in [0.5, 0.6) is 0 Å². The molecular weight excluding hydrogens is 398 g/mol. The van der Waals surface area contributed by atoms with Gasteiger partial charge in [-0.3, -0.25) is 19.3 Å². The van der Waals surface area contributed by atoms with Gasteiger partial charge in [0.05, 0.1) is 6.04 Å². The van der Waals surface area contributed by atoms with Gasteiger partial charge in [-0.15, -0.1) is 0 Å². The highest BCUT2D eigenvalue weighted by Gasteiger charge is 2.59. The molecule has 0 aromatic carbocycles. The van der Waals surface area contributed by atoms with Gasteiger partial charge in [0.15, 0.2) is 17.6 Å². The number of hydrogen-bond acceptors (Lipinski definition) is 9. The van der Waals surface area contributed by atoms with E-state index in [4.69, 9.17) is 23.7 Å². The average Bonchev–Trinajstić information content (AvgIpc) is 2.77. The van der Waals surface area contributed by atoms with Crippen LogP contribution in [0.4, 0.5) is 4.79 Å². The van der Waals surface area contributed by atoms with Crippen LogP contribution in [0.3, 0.4) is 0 Å². The van der Waals surface area contributed by atoms with Crippen LogP contribution < -0.4 is 0 Å². The smallest absolute Gasteiger partial charge is 0.412 e. The predicted octanol–water partition coefficient (Wildman–Crippen LogP) is 2.40. The monoisotopic (exact) mass is 427 g/mol. The van der Waals surface area contributed by atoms with Crippen LogP contribution in [-0.2, 0) is 38.1 Å². The molecule has 1 aliphatic carbocycles. The Kier molecular flexibility index (Phi) is 6.51. The highest BCUT2D eigenvalue weighted by molar-refractivity contribution is 5.72. The van der Waals surface area contributed by atoms with Crippen LogP contribution in [0.1, 0.15) is 61.8 Å². The topological polar surface area (TPSA) is 118 Å². The summed E-state index contributed by atoms with van der Waals surface area (Å²) in [6.45, 7) is 12.1. The van der Waals surface area contributed by atoms with Crippen LogP contribution in [0.2, 0.25) is 0 Å². The predicted molar refractivity (Wildman–Crippen MR) is 102 cm³/mol. The standard InChI is InChI=1S/C20H29NO9/c1-10(22)26-14-9-13-15(17(28-12(3)24)16(14)27-11(2)23)29-20(7,8)21(13)18(25)30-19(4,5)6/h13,15,17H,9H2,1-8H3/t13-,15+,17-/m1/s1. The first-order valence-corrected chi connectivity index (χ1v) is 9.59. The second kappa shape index (κ2) is 8.25. The van der Waals surface area contributed by atoms with Crippen molar-refractivity contribution in [3.8, 4) is 0 Å². The number of nitrogens with zero attached hydrogens (tertiary/aromatic N) is 1. The molecule has 0 bridgehead atoms. The lowest BCUT2D eigenvalue weighted by Gasteiger charge is -2.37. The zero-order chi connectivity index (χ0) is 23.0. The molecule has 0 saturated carbocycles. The van der Waals surface area contributed by atoms with E-state index in [1.54, 1.807) is 34.6 Å². The van der Waals surface area contributed by atoms with E-state index in [1.165, 1.54) is 25.7 Å². The number of rotatable bonds is 3. The molecule has 0 N–H and O–H groups in total. The Labute approximate surface area is 175 Å². The first-order valence-electron chi connectivity index (χ1n) is 9.59. The molecule has 0 spiro atoms. The lowest BCUT2D eigenvalue weighted by Crippen LogP contribution is -2.53. The number of esters is 3. The van der Waals surface area contributed by atoms with E-state index < -0.39 is 53.6 Å². The van der Waals surface area contributed by atoms with Gasteiger partial charge in [0.25, 0.3) is 0 Å². The van der Waals surface area contributed by atoms with Gasteiger partial charge in [0, 0.05) is 27.2 Å². The van der Waals surface area contributed by atoms with Crippen molar-refractivity contribution in [3.63, 3.8) is 0 Å². The second-order valence-corrected chi connectivity index (χ2v) is 8.66. The van der Waals surface area contributed by atoms with E-state index in [1.807, 2.05) is 0 Å². The van der Waals surface area contributed by atoms with Crippen molar-refractivity contribution in [1.82, 2.24) is 4.90 Å². The third-order valence-corrected chi connectivity index (χ3v) is 4.35. The minimum absolute atomic E-state index is 0.00665. The van der Waals surface area contributed by atoms with E-state index >= 15 is 0 Å². The van der Waals surface area contributed by atoms with Gasteiger partial charge in [-0.05, 0) is 34.6 Å².